The Hall–Kier alpha value is -0.830. The minimum Gasteiger partial charge on any atom is -0.343 e. The molecule has 0 aromatic heterocycles. The number of nitrogens with two attached hydrogens (primary N) is 1. The molecule has 1 unspecified atom stereocenters. The molecule has 0 aromatic rings. The van der Waals surface area contributed by atoms with Crippen molar-refractivity contribution in [3.05, 3.63) is 12.2 Å². The number of rotatable bonds is 15. The van der Waals surface area contributed by atoms with Gasteiger partial charge in [-0.15, -0.1) is 0 Å². The zero-order valence-corrected chi connectivity index (χ0v) is 16.3. The van der Waals surface area contributed by atoms with Gasteiger partial charge >= 0.3 is 0 Å². The highest BCUT2D eigenvalue weighted by Gasteiger charge is 2.18. The molecule has 0 radical (unpaired) electrons. The topological polar surface area (TPSA) is 41.6 Å². The molecule has 0 bridgehead atoms. The number of hydrogen-bond acceptors (Lipinski definition) is 3. The molecule has 2 N–H and O–H groups in total. The van der Waals surface area contributed by atoms with E-state index >= 15 is 0 Å². The highest BCUT2D eigenvalue weighted by molar-refractivity contribution is 5.83. The smallest absolute Gasteiger partial charge is 0.100 e. The molecule has 0 saturated heterocycles. The molecule has 0 aromatic carbocycles. The molecule has 1 atom stereocenters. The molecule has 24 heavy (non-hydrogen) atoms. The largest absolute Gasteiger partial charge is 0.343 e. The first kappa shape index (κ1) is 21.2. The highest BCUT2D eigenvalue weighted by atomic mass is 15.3. The predicted molar refractivity (Wildman–Crippen MR) is 107 cm³/mol. The average molecular weight is 336 g/mol. The zero-order valence-electron chi connectivity index (χ0n) is 16.3. The summed E-state index contributed by atoms with van der Waals surface area (Å²) in [5, 5.41) is 0. The Bertz CT molecular complexity index is 347. The van der Waals surface area contributed by atoms with Crippen molar-refractivity contribution < 1.29 is 0 Å². The second-order valence-electron chi connectivity index (χ2n) is 7.21. The van der Waals surface area contributed by atoms with Crippen molar-refractivity contribution in [2.45, 2.75) is 103 Å². The third-order valence-electron chi connectivity index (χ3n) is 4.87. The van der Waals surface area contributed by atoms with Gasteiger partial charge in [-0.2, -0.15) is 0 Å². The van der Waals surface area contributed by atoms with E-state index in [9.17, 15) is 0 Å². The maximum absolute atomic E-state index is 5.98. The predicted octanol–water partition coefficient (Wildman–Crippen LogP) is 5.65. The van der Waals surface area contributed by atoms with Crippen LogP contribution in [0.2, 0.25) is 0 Å². The summed E-state index contributed by atoms with van der Waals surface area (Å²) >= 11 is 0. The van der Waals surface area contributed by atoms with Crippen LogP contribution in [0.3, 0.4) is 0 Å². The molecule has 1 heterocycles. The van der Waals surface area contributed by atoms with E-state index in [4.69, 9.17) is 5.73 Å². The van der Waals surface area contributed by atoms with Gasteiger partial charge in [0.15, 0.2) is 0 Å². The van der Waals surface area contributed by atoms with Crippen LogP contribution in [-0.2, 0) is 0 Å². The number of amidine groups is 1. The van der Waals surface area contributed by atoms with E-state index in [0.29, 0.717) is 0 Å². The summed E-state index contributed by atoms with van der Waals surface area (Å²) in [6.45, 7) is 6.27. The van der Waals surface area contributed by atoms with Crippen molar-refractivity contribution in [2.75, 3.05) is 13.1 Å². The molecule has 1 aliphatic rings. The lowest BCUT2D eigenvalue weighted by Gasteiger charge is -2.24. The Balaban J connectivity index is 1.86. The fraction of sp³-hybridized carbons (Fsp3) is 0.857. The van der Waals surface area contributed by atoms with Crippen LogP contribution >= 0.6 is 0 Å². The molecule has 0 fully saturated rings. The Kier molecular flexibility index (Phi) is 12.8. The summed E-state index contributed by atoms with van der Waals surface area (Å²) in [6.07, 6.45) is 22.2. The van der Waals surface area contributed by atoms with Crippen LogP contribution in [0.5, 0.6) is 0 Å². The normalized spacial score (nSPS) is 16.1. The Morgan fingerprint density at radius 2 is 1.54 bits per heavy atom. The molecule has 1 rings (SSSR count). The van der Waals surface area contributed by atoms with Gasteiger partial charge in [0.05, 0.1) is 12.7 Å². The number of nitrogens with zero attached hydrogens (tertiary/aromatic N) is 2. The molecule has 3 nitrogen and oxygen atoms in total. The Morgan fingerprint density at radius 3 is 2.17 bits per heavy atom. The van der Waals surface area contributed by atoms with E-state index in [0.717, 1.165) is 19.5 Å². The Morgan fingerprint density at radius 1 is 0.958 bits per heavy atom. The lowest BCUT2D eigenvalue weighted by molar-refractivity contribution is 0.359. The van der Waals surface area contributed by atoms with Gasteiger partial charge in [-0.3, -0.25) is 4.99 Å². The van der Waals surface area contributed by atoms with E-state index in [-0.39, 0.29) is 6.17 Å². The quantitative estimate of drug-likeness (QED) is 0.310. The summed E-state index contributed by atoms with van der Waals surface area (Å²) < 4.78 is 0. The standard InChI is InChI=1S/C21H41N3/c1-3-4-5-6-7-8-9-10-11-12-13-14-15-16-17-21-23-18-19-24(21)20(2)22/h10-11,20H,3-9,12-19,22H2,1-2H3/b11-10+. The molecule has 1 aliphatic heterocycles. The van der Waals surface area contributed by atoms with E-state index in [1.807, 2.05) is 0 Å². The molecule has 3 heteroatoms. The van der Waals surface area contributed by atoms with Gasteiger partial charge in [0.1, 0.15) is 5.84 Å². The molecule has 0 aliphatic carbocycles. The molecule has 0 saturated carbocycles. The number of hydrogen-bond donors (Lipinski definition) is 1. The van der Waals surface area contributed by atoms with Crippen LogP contribution in [0.4, 0.5) is 0 Å². The Labute approximate surface area is 150 Å². The van der Waals surface area contributed by atoms with Crippen LogP contribution < -0.4 is 5.73 Å². The monoisotopic (exact) mass is 335 g/mol. The van der Waals surface area contributed by atoms with Crippen molar-refractivity contribution in [3.8, 4) is 0 Å². The van der Waals surface area contributed by atoms with Gasteiger partial charge in [-0.1, -0.05) is 64.0 Å². The van der Waals surface area contributed by atoms with Gasteiger partial charge in [0.2, 0.25) is 0 Å². The van der Waals surface area contributed by atoms with Gasteiger partial charge in [0.25, 0.3) is 0 Å². The van der Waals surface area contributed by atoms with Crippen molar-refractivity contribution in [2.24, 2.45) is 10.7 Å². The van der Waals surface area contributed by atoms with Gasteiger partial charge in [-0.25, -0.2) is 0 Å². The lowest BCUT2D eigenvalue weighted by Crippen LogP contribution is -2.41. The summed E-state index contributed by atoms with van der Waals surface area (Å²) in [6, 6.07) is 0. The van der Waals surface area contributed by atoms with Gasteiger partial charge in [-0.05, 0) is 39.0 Å². The fourth-order valence-corrected chi connectivity index (χ4v) is 3.35. The highest BCUT2D eigenvalue weighted by Crippen LogP contribution is 2.13. The SMILES string of the molecule is CCCCCCCC/C=C/CCCCCCC1=NCCN1C(C)N. The summed E-state index contributed by atoms with van der Waals surface area (Å²) in [5.74, 6) is 1.24. The minimum absolute atomic E-state index is 0.114. The van der Waals surface area contributed by atoms with E-state index in [1.54, 1.807) is 0 Å². The van der Waals surface area contributed by atoms with Crippen LogP contribution in [0.1, 0.15) is 97.3 Å². The van der Waals surface area contributed by atoms with E-state index in [2.05, 4.69) is 35.9 Å². The number of allylic oxidation sites excluding steroid dienone is 2. The van der Waals surface area contributed by atoms with Gasteiger partial charge < -0.3 is 10.6 Å². The summed E-state index contributed by atoms with van der Waals surface area (Å²) in [7, 11) is 0. The summed E-state index contributed by atoms with van der Waals surface area (Å²) in [4.78, 5) is 6.84. The molecule has 0 amide bonds. The number of unbranched alkanes of at least 4 members (excludes halogenated alkanes) is 10. The zero-order chi connectivity index (χ0) is 17.5. The fourth-order valence-electron chi connectivity index (χ4n) is 3.35. The molecular weight excluding hydrogens is 294 g/mol. The van der Waals surface area contributed by atoms with Crippen LogP contribution in [-0.4, -0.2) is 30.0 Å². The minimum atomic E-state index is 0.114. The lowest BCUT2D eigenvalue weighted by atomic mass is 10.1. The van der Waals surface area contributed by atoms with Crippen LogP contribution in [0, 0.1) is 0 Å². The molecular formula is C21H41N3. The van der Waals surface area contributed by atoms with Crippen molar-refractivity contribution in [1.29, 1.82) is 0 Å². The van der Waals surface area contributed by atoms with E-state index in [1.165, 1.54) is 82.9 Å². The average Bonchev–Trinajstić information content (AvgIpc) is 3.04. The second-order valence-corrected chi connectivity index (χ2v) is 7.21. The first-order valence-corrected chi connectivity index (χ1v) is 10.5. The molecule has 0 spiro atoms. The first-order chi connectivity index (χ1) is 11.8. The van der Waals surface area contributed by atoms with E-state index < -0.39 is 0 Å². The van der Waals surface area contributed by atoms with Gasteiger partial charge in [0, 0.05) is 13.0 Å². The van der Waals surface area contributed by atoms with Crippen LogP contribution in [0.15, 0.2) is 17.1 Å². The van der Waals surface area contributed by atoms with Crippen molar-refractivity contribution in [3.63, 3.8) is 0 Å². The van der Waals surface area contributed by atoms with Crippen LogP contribution in [0.25, 0.3) is 0 Å². The van der Waals surface area contributed by atoms with Crippen molar-refractivity contribution in [1.82, 2.24) is 4.90 Å². The second kappa shape index (κ2) is 14.5. The number of aliphatic imine (C=N–C) groups is 1. The first-order valence-electron chi connectivity index (χ1n) is 10.5. The third-order valence-corrected chi connectivity index (χ3v) is 4.87. The molecule has 140 valence electrons. The maximum atomic E-state index is 5.98. The third kappa shape index (κ3) is 10.1. The van der Waals surface area contributed by atoms with Crippen molar-refractivity contribution >= 4 is 5.84 Å². The summed E-state index contributed by atoms with van der Waals surface area (Å²) in [5.41, 5.74) is 5.98. The maximum Gasteiger partial charge on any atom is 0.100 e.